The molecule has 6 aromatic heterocycles. The van der Waals surface area contributed by atoms with E-state index < -0.39 is 0 Å². The molecule has 0 spiro atoms. The first-order valence-electron chi connectivity index (χ1n) is 52.2. The number of rotatable bonds is 11. The minimum atomic E-state index is 0.688. The lowest BCUT2D eigenvalue weighted by molar-refractivity contribution is 0.442. The van der Waals surface area contributed by atoms with E-state index in [1.807, 2.05) is 46.1 Å². The van der Waals surface area contributed by atoms with E-state index in [9.17, 15) is 0 Å². The highest BCUT2D eigenvalue weighted by Crippen LogP contribution is 2.51. The van der Waals surface area contributed by atoms with Crippen LogP contribution in [0.15, 0.2) is 505 Å². The Balaban J connectivity index is 0.0000000960. The Morgan fingerprint density at radius 1 is 0.160 bits per heavy atom. The van der Waals surface area contributed by atoms with Gasteiger partial charge in [-0.3, -0.25) is 0 Å². The molecule has 0 aliphatic heterocycles. The summed E-state index contributed by atoms with van der Waals surface area (Å²) in [6.45, 7) is 12.9. The lowest BCUT2D eigenvalue weighted by Gasteiger charge is -2.21. The molecule has 0 unspecified atom stereocenters. The predicted octanol–water partition coefficient (Wildman–Crippen LogP) is 43.5. The molecule has 1 aliphatic carbocycles. The van der Waals surface area contributed by atoms with Gasteiger partial charge < -0.3 is 13.3 Å². The van der Waals surface area contributed by atoms with Crippen molar-refractivity contribution in [1.29, 1.82) is 0 Å². The van der Waals surface area contributed by atoms with Crippen LogP contribution in [0.4, 0.5) is 0 Å². The quantitative estimate of drug-likeness (QED) is 0.130. The van der Waals surface area contributed by atoms with Crippen LogP contribution in [0.1, 0.15) is 77.0 Å². The van der Waals surface area contributed by atoms with Crippen LogP contribution in [-0.4, -0.2) is 0 Å². The summed E-state index contributed by atoms with van der Waals surface area (Å²) in [4.78, 5) is 0. The second-order valence-electron chi connectivity index (χ2n) is 39.5. The highest BCUT2D eigenvalue weighted by Gasteiger charge is 2.25. The molecule has 3 nitrogen and oxygen atoms in total. The Kier molecular flexibility index (Phi) is 26.9. The number of para-hydroxylation sites is 6. The molecular formula is C144H110O3S3. The summed E-state index contributed by atoms with van der Waals surface area (Å²) < 4.78 is 27.4. The second-order valence-corrected chi connectivity index (χ2v) is 42.6. The maximum absolute atomic E-state index is 6.48. The average Bonchev–Trinajstić information content (AvgIpc) is 1.61. The van der Waals surface area contributed by atoms with Gasteiger partial charge in [0.2, 0.25) is 0 Å². The Bertz CT molecular complexity index is 9390. The monoisotopic (exact) mass is 1980 g/mol. The zero-order chi connectivity index (χ0) is 101. The van der Waals surface area contributed by atoms with E-state index in [0.717, 1.165) is 71.9 Å². The third-order valence-electron chi connectivity index (χ3n) is 29.7. The molecule has 22 aromatic carbocycles. The third-order valence-corrected chi connectivity index (χ3v) is 33.6. The van der Waals surface area contributed by atoms with Crippen molar-refractivity contribution in [2.24, 2.45) is 0 Å². The van der Waals surface area contributed by atoms with E-state index >= 15 is 0 Å². The number of hydrogen-bond donors (Lipinski definition) is 0. The molecule has 6 heteroatoms. The van der Waals surface area contributed by atoms with Crippen molar-refractivity contribution in [1.82, 2.24) is 0 Å². The lowest BCUT2D eigenvalue weighted by Crippen LogP contribution is -2.04. The van der Waals surface area contributed by atoms with Crippen molar-refractivity contribution in [2.45, 2.75) is 79.6 Å². The zero-order valence-electron chi connectivity index (χ0n) is 84.8. The fraction of sp³-hybridized carbons (Fsp3) is 0.0833. The minimum absolute atomic E-state index is 0.688. The first-order valence-corrected chi connectivity index (χ1v) is 54.6. The number of fused-ring (bicyclic) bond motifs is 18. The minimum Gasteiger partial charge on any atom is -0.455 e. The van der Waals surface area contributed by atoms with E-state index in [-0.39, 0.29) is 0 Å². The number of thiophene rings is 3. The van der Waals surface area contributed by atoms with Gasteiger partial charge >= 0.3 is 0 Å². The summed E-state index contributed by atoms with van der Waals surface area (Å²) in [5.74, 6) is 0.688. The van der Waals surface area contributed by atoms with Gasteiger partial charge in [-0.25, -0.2) is 0 Å². The maximum atomic E-state index is 6.48. The van der Waals surface area contributed by atoms with Crippen molar-refractivity contribution >= 4 is 160 Å². The van der Waals surface area contributed by atoms with Gasteiger partial charge in [-0.15, -0.1) is 34.0 Å². The average molecular weight is 1980 g/mol. The van der Waals surface area contributed by atoms with Gasteiger partial charge in [0.1, 0.15) is 33.5 Å². The van der Waals surface area contributed by atoms with Gasteiger partial charge in [0, 0.05) is 115 Å². The summed E-state index contributed by atoms with van der Waals surface area (Å²) in [5.41, 5.74) is 40.1. The molecule has 1 saturated carbocycles. The number of furan rings is 3. The summed E-state index contributed by atoms with van der Waals surface area (Å²) in [6, 6.07) is 175. The molecule has 0 bridgehead atoms. The molecule has 28 aromatic rings. The molecule has 0 radical (unpaired) electrons. The lowest BCUT2D eigenvalue weighted by atomic mass is 9.83. The number of aryl methyl sites for hydroxylation is 6. The topological polar surface area (TPSA) is 39.4 Å². The Morgan fingerprint density at radius 3 is 0.780 bits per heavy atom. The SMILES string of the molecule is Cc1ccc(-c2cccc3c2sc2c(-c4ccccc4)cccc23)cc1.Cc1cccc(-c2cccc3c2oc2c(-c4ccccc4)cccc23)c1.Cc1cccc(-c2cccc3c2sc2c(-c4ccccc4)cccc23)c1.Cc1cccc2c1oc1c(C3CCCCC3)cccc12.Cc1ccccc1-c1cccc2c1oc1c(-c3ccccc3)cccc12.Cc1ccccc1-c1cccc2c1sc1c(-c3ccccc3)cccc12. The maximum Gasteiger partial charge on any atom is 0.143 e. The highest BCUT2D eigenvalue weighted by atomic mass is 32.1. The standard InChI is InChI=1S/2C25H18O.3C25H18S.C19H20O/c1-17-8-5-11-19(16-17)21-13-7-15-23-22-14-6-12-20(24(22)26-25(21)23)18-9-3-2-4-10-18;1-17-9-5-6-12-19(17)21-14-8-16-23-22-15-7-13-20(24(22)26-25(21)23)18-10-3-2-4-11-18;1-17-8-5-11-19(16-17)21-13-7-15-23-22-14-6-12-20(24(22)26-25(21)23)18-9-3-2-4-10-18;1-17-13-15-19(16-14-17)21-10-6-12-23-22-11-5-9-20(24(22)26-25(21)23)18-7-3-2-4-8-18;1-17-9-5-6-12-19(17)21-14-8-16-23-22-15-7-13-20(24(22)26-25(21)23)18-10-3-2-4-11-18;1-13-7-5-11-16-17-12-6-10-15(19(17)20-18(13)16)14-8-3-2-4-9-14/h5*2-16H,1H3;5-7,10-12,14H,2-4,8-9H2,1H3. The van der Waals surface area contributed by atoms with Crippen LogP contribution in [0.5, 0.6) is 0 Å². The first kappa shape index (κ1) is 95.1. The summed E-state index contributed by atoms with van der Waals surface area (Å²) in [5, 5.41) is 15.3. The fourth-order valence-corrected chi connectivity index (χ4v) is 26.4. The molecule has 1 aliphatic rings. The highest BCUT2D eigenvalue weighted by molar-refractivity contribution is 7.27. The normalized spacial score (nSPS) is 12.0. The van der Waals surface area contributed by atoms with Gasteiger partial charge in [0.25, 0.3) is 0 Å². The van der Waals surface area contributed by atoms with Crippen LogP contribution in [-0.2, 0) is 0 Å². The molecule has 0 saturated heterocycles. The summed E-state index contributed by atoms with van der Waals surface area (Å²) in [6.07, 6.45) is 6.75. The molecule has 0 amide bonds. The van der Waals surface area contributed by atoms with Crippen molar-refractivity contribution in [3.63, 3.8) is 0 Å². The Morgan fingerprint density at radius 2 is 0.400 bits per heavy atom. The molecule has 0 atom stereocenters. The summed E-state index contributed by atoms with van der Waals surface area (Å²) in [7, 11) is 0. The van der Waals surface area contributed by atoms with E-state index in [1.54, 1.807) is 0 Å². The molecule has 150 heavy (non-hydrogen) atoms. The number of hydrogen-bond acceptors (Lipinski definition) is 6. The van der Waals surface area contributed by atoms with Crippen molar-refractivity contribution < 1.29 is 13.3 Å². The van der Waals surface area contributed by atoms with Crippen molar-refractivity contribution in [3.05, 3.63) is 530 Å². The second kappa shape index (κ2) is 42.4. The van der Waals surface area contributed by atoms with Crippen molar-refractivity contribution in [2.75, 3.05) is 0 Å². The Hall–Kier alpha value is -17.1. The smallest absolute Gasteiger partial charge is 0.143 e. The van der Waals surface area contributed by atoms with Gasteiger partial charge in [0.15, 0.2) is 0 Å². The van der Waals surface area contributed by atoms with Gasteiger partial charge in [-0.05, 0) is 172 Å². The van der Waals surface area contributed by atoms with E-state index in [2.05, 4.69) is 521 Å². The number of benzene rings is 22. The molecule has 1 fully saturated rings. The van der Waals surface area contributed by atoms with Gasteiger partial charge in [-0.1, -0.05) is 527 Å². The van der Waals surface area contributed by atoms with E-state index in [0.29, 0.717) is 5.92 Å². The van der Waals surface area contributed by atoms with Gasteiger partial charge in [0.05, 0.1) is 0 Å². The fourth-order valence-electron chi connectivity index (χ4n) is 22.3. The molecular weight excluding hydrogens is 1870 g/mol. The zero-order valence-corrected chi connectivity index (χ0v) is 87.3. The largest absolute Gasteiger partial charge is 0.455 e. The third kappa shape index (κ3) is 18.8. The van der Waals surface area contributed by atoms with Crippen LogP contribution < -0.4 is 0 Å². The van der Waals surface area contributed by atoms with Crippen LogP contribution in [0.25, 0.3) is 238 Å². The molecule has 722 valence electrons. The van der Waals surface area contributed by atoms with E-state index in [1.165, 1.54) is 237 Å². The van der Waals surface area contributed by atoms with Crippen LogP contribution in [0, 0.1) is 41.5 Å². The first-order chi connectivity index (χ1) is 73.9. The van der Waals surface area contributed by atoms with Crippen molar-refractivity contribution in [3.8, 4) is 111 Å². The van der Waals surface area contributed by atoms with Crippen LogP contribution in [0.2, 0.25) is 0 Å². The molecule has 29 rings (SSSR count). The predicted molar refractivity (Wildman–Crippen MR) is 648 cm³/mol. The van der Waals surface area contributed by atoms with Crippen LogP contribution in [0.3, 0.4) is 0 Å². The van der Waals surface area contributed by atoms with Crippen LogP contribution >= 0.6 is 34.0 Å². The molecule has 0 N–H and O–H groups in total. The Labute approximate surface area is 887 Å². The molecule has 6 heterocycles. The summed E-state index contributed by atoms with van der Waals surface area (Å²) >= 11 is 5.73. The van der Waals surface area contributed by atoms with Gasteiger partial charge in [-0.2, -0.15) is 0 Å². The van der Waals surface area contributed by atoms with E-state index in [4.69, 9.17) is 13.3 Å².